The molecule has 0 amide bonds. The Bertz CT molecular complexity index is 5560. The van der Waals surface area contributed by atoms with E-state index in [-0.39, 0.29) is 0 Å². The van der Waals surface area contributed by atoms with Crippen LogP contribution in [0.1, 0.15) is 100 Å². The first-order chi connectivity index (χ1) is 50.1. The average molecular weight is 1350 g/mol. The third kappa shape index (κ3) is 8.96. The van der Waals surface area contributed by atoms with E-state index in [0.29, 0.717) is 47.0 Å². The number of hydrogen-bond acceptors (Lipinski definition) is 2. The summed E-state index contributed by atoms with van der Waals surface area (Å²) in [6.45, 7) is 16.5. The van der Waals surface area contributed by atoms with Gasteiger partial charge in [-0.15, -0.1) is 0 Å². The Morgan fingerprint density at radius 1 is 0.262 bits per heavy atom. The van der Waals surface area contributed by atoms with Gasteiger partial charge < -0.3 is 9.80 Å². The van der Waals surface area contributed by atoms with Gasteiger partial charge in [-0.05, 0) is 210 Å². The molecule has 0 heterocycles. The number of benzene rings is 14. The largest absolute Gasteiger partial charge is 0.305 e. The van der Waals surface area contributed by atoms with Gasteiger partial charge in [0, 0.05) is 47.0 Å². The minimum atomic E-state index is -1.22. The number of anilines is 6. The second-order valence-corrected chi connectivity index (χ2v) is 27.7. The van der Waals surface area contributed by atoms with Gasteiger partial charge in [0.15, 0.2) is 23.3 Å². The maximum Gasteiger partial charge on any atom is 0.153 e. The van der Waals surface area contributed by atoms with E-state index in [4.69, 9.17) is 0 Å². The number of hydrogen-bond donors (Lipinski definition) is 0. The van der Waals surface area contributed by atoms with Gasteiger partial charge in [-0.1, -0.05) is 243 Å². The van der Waals surface area contributed by atoms with Crippen LogP contribution in [-0.2, 0) is 16.2 Å². The summed E-state index contributed by atoms with van der Waals surface area (Å²) in [7, 11) is 0. The summed E-state index contributed by atoms with van der Waals surface area (Å²) < 4.78 is 101. The standard InChI is InChI=1S/C95H64F6N2/c1-7-59-29-33-61(34-30-59)93(81-45-55(3)25-27-57(81)5)77-21-13-9-17-69(77)73-41-37-65(51-83(73)93)102(91-87(98)47-63(96)48-88(91)99)67-39-43-75-71-19-11-15-23-79(71)95(85(75)53-67)80-24-16-12-20-72(80)76-44-40-68(54-86(76)95)103(92-89(100)49-64(97)50-90(92)101)66-38-42-74-70-18-10-14-22-78(70)94(84(74)52-66,62-35-31-60(8-2)32-36-62)82-46-56(4)26-28-58(82)6/h7-54H,1-2H2,3-6H3. The van der Waals surface area contributed by atoms with E-state index in [2.05, 4.69) is 174 Å². The second-order valence-electron chi connectivity index (χ2n) is 27.7. The van der Waals surface area contributed by atoms with Gasteiger partial charge in [0.25, 0.3) is 0 Å². The molecule has 18 rings (SSSR count). The predicted molar refractivity (Wildman–Crippen MR) is 406 cm³/mol. The molecule has 4 aliphatic carbocycles. The van der Waals surface area contributed by atoms with Crippen LogP contribution in [0, 0.1) is 62.6 Å². The van der Waals surface area contributed by atoms with Crippen LogP contribution in [-0.4, -0.2) is 0 Å². The third-order valence-electron chi connectivity index (χ3n) is 22.3. The Hall–Kier alpha value is -12.3. The lowest BCUT2D eigenvalue weighted by Crippen LogP contribution is -2.30. The van der Waals surface area contributed by atoms with Crippen LogP contribution in [0.3, 0.4) is 0 Å². The Morgan fingerprint density at radius 2 is 0.534 bits per heavy atom. The highest BCUT2D eigenvalue weighted by molar-refractivity contribution is 5.99. The van der Waals surface area contributed by atoms with Gasteiger partial charge in [0.2, 0.25) is 0 Å². The summed E-state index contributed by atoms with van der Waals surface area (Å²) in [5, 5.41) is 0. The SMILES string of the molecule is C=Cc1ccc(C2(c3cc(C)ccc3C)c3ccccc3-c3ccc(N(c4ccc5c(c4)C4(c6ccccc6-5)c5ccccc5-c5ccc(N(c6ccc7c(c6)C(c6ccc(C=C)cc6)(c6cc(C)ccc6C)c6ccccc6-7)c6c(F)cc(F)cc6F)cc54)c4c(F)cc(F)cc4F)cc32)cc1. The number of nitrogens with zero attached hydrogens (tertiary/aromatic N) is 2. The molecule has 1 spiro atoms. The summed E-state index contributed by atoms with van der Waals surface area (Å²) in [6.07, 6.45) is 3.63. The molecule has 0 N–H and O–H groups in total. The van der Waals surface area contributed by atoms with Crippen LogP contribution in [0.25, 0.3) is 56.7 Å². The molecule has 2 atom stereocenters. The molecule has 0 saturated carbocycles. The van der Waals surface area contributed by atoms with Crippen molar-refractivity contribution in [3.05, 3.63) is 427 Å². The Kier molecular flexibility index (Phi) is 14.3. The average Bonchev–Trinajstić information content (AvgIpc) is 1.52. The smallest absolute Gasteiger partial charge is 0.153 e. The van der Waals surface area contributed by atoms with Crippen LogP contribution in [0.15, 0.2) is 292 Å². The molecule has 0 radical (unpaired) electrons. The second kappa shape index (κ2) is 23.4. The topological polar surface area (TPSA) is 6.48 Å². The maximum absolute atomic E-state index is 17.5. The number of halogens is 6. The fourth-order valence-corrected chi connectivity index (χ4v) is 18.0. The van der Waals surface area contributed by atoms with Crippen LogP contribution in [0.2, 0.25) is 0 Å². The van der Waals surface area contributed by atoms with Crippen molar-refractivity contribution in [2.45, 2.75) is 43.9 Å². The summed E-state index contributed by atoms with van der Waals surface area (Å²) in [6, 6.07) is 89.2. The Morgan fingerprint density at radius 3 is 0.835 bits per heavy atom. The predicted octanol–water partition coefficient (Wildman–Crippen LogP) is 25.1. The Balaban J connectivity index is 0.884. The number of aryl methyl sites for hydroxylation is 4. The van der Waals surface area contributed by atoms with Crippen LogP contribution >= 0.6 is 0 Å². The lowest BCUT2D eigenvalue weighted by Gasteiger charge is -2.36. The van der Waals surface area contributed by atoms with E-state index in [1.54, 1.807) is 9.80 Å². The van der Waals surface area contributed by atoms with Crippen molar-refractivity contribution < 1.29 is 26.3 Å². The van der Waals surface area contributed by atoms with Gasteiger partial charge in [0.1, 0.15) is 23.0 Å². The van der Waals surface area contributed by atoms with Crippen molar-refractivity contribution in [3.8, 4) is 44.5 Å². The molecule has 0 aliphatic heterocycles. The zero-order chi connectivity index (χ0) is 70.5. The molecule has 103 heavy (non-hydrogen) atoms. The fraction of sp³-hybridized carbons (Fsp3) is 0.0737. The molecule has 2 unspecified atom stereocenters. The molecular weight excluding hydrogens is 1280 g/mol. The van der Waals surface area contributed by atoms with E-state index in [1.165, 1.54) is 0 Å². The molecule has 2 nitrogen and oxygen atoms in total. The maximum atomic E-state index is 17.5. The van der Waals surface area contributed by atoms with Crippen molar-refractivity contribution in [3.63, 3.8) is 0 Å². The zero-order valence-corrected chi connectivity index (χ0v) is 56.8. The van der Waals surface area contributed by atoms with Crippen LogP contribution < -0.4 is 9.80 Å². The van der Waals surface area contributed by atoms with Crippen molar-refractivity contribution in [2.24, 2.45) is 0 Å². The number of rotatable bonds is 12. The molecule has 14 aromatic rings. The van der Waals surface area contributed by atoms with Crippen molar-refractivity contribution >= 4 is 46.3 Å². The lowest BCUT2D eigenvalue weighted by molar-refractivity contribution is 0.544. The molecule has 4 aliphatic rings. The molecule has 14 aromatic carbocycles. The molecule has 496 valence electrons. The molecular formula is C95H64F6N2. The summed E-state index contributed by atoms with van der Waals surface area (Å²) >= 11 is 0. The minimum Gasteiger partial charge on any atom is -0.305 e. The van der Waals surface area contributed by atoms with E-state index >= 15 is 26.3 Å². The Labute approximate surface area is 594 Å². The normalized spacial score (nSPS) is 16.6. The molecule has 0 saturated heterocycles. The third-order valence-corrected chi connectivity index (χ3v) is 22.3. The van der Waals surface area contributed by atoms with Crippen LogP contribution in [0.5, 0.6) is 0 Å². The van der Waals surface area contributed by atoms with Gasteiger partial charge >= 0.3 is 0 Å². The van der Waals surface area contributed by atoms with Gasteiger partial charge in [-0.25, -0.2) is 26.3 Å². The molecule has 0 bridgehead atoms. The fourth-order valence-electron chi connectivity index (χ4n) is 18.0. The van der Waals surface area contributed by atoms with Gasteiger partial charge in [-0.3, -0.25) is 0 Å². The summed E-state index contributed by atoms with van der Waals surface area (Å²) in [4.78, 5) is 3.13. The summed E-state index contributed by atoms with van der Waals surface area (Å²) in [5.41, 5.74) is 22.0. The van der Waals surface area contributed by atoms with Crippen molar-refractivity contribution in [2.75, 3.05) is 9.80 Å². The van der Waals surface area contributed by atoms with E-state index < -0.39 is 62.5 Å². The zero-order valence-electron chi connectivity index (χ0n) is 56.8. The highest BCUT2D eigenvalue weighted by Gasteiger charge is 2.54. The molecule has 8 heteroatoms. The van der Waals surface area contributed by atoms with E-state index in [0.717, 1.165) is 145 Å². The number of fused-ring (bicyclic) bond motifs is 16. The first-order valence-corrected chi connectivity index (χ1v) is 34.6. The lowest BCUT2D eigenvalue weighted by atomic mass is 9.66. The van der Waals surface area contributed by atoms with Crippen molar-refractivity contribution in [1.82, 2.24) is 0 Å². The minimum absolute atomic E-state index is 0.364. The van der Waals surface area contributed by atoms with Crippen molar-refractivity contribution in [1.29, 1.82) is 0 Å². The highest BCUT2D eigenvalue weighted by atomic mass is 19.2. The van der Waals surface area contributed by atoms with Crippen LogP contribution in [0.4, 0.5) is 60.5 Å². The van der Waals surface area contributed by atoms with Gasteiger partial charge in [0.05, 0.1) is 16.2 Å². The monoisotopic (exact) mass is 1350 g/mol. The van der Waals surface area contributed by atoms with Gasteiger partial charge in [-0.2, -0.15) is 0 Å². The first kappa shape index (κ1) is 63.0. The quantitative estimate of drug-likeness (QED) is 0.113. The molecule has 0 fully saturated rings. The van der Waals surface area contributed by atoms with E-state index in [9.17, 15) is 0 Å². The summed E-state index contributed by atoms with van der Waals surface area (Å²) in [5.74, 6) is -6.61. The van der Waals surface area contributed by atoms with E-state index in [1.807, 2.05) is 133 Å². The first-order valence-electron chi connectivity index (χ1n) is 34.6. The highest BCUT2D eigenvalue weighted by Crippen LogP contribution is 2.66. The molecule has 0 aromatic heterocycles.